The predicted molar refractivity (Wildman–Crippen MR) is 84.4 cm³/mol. The topological polar surface area (TPSA) is 18.5 Å². The van der Waals surface area contributed by atoms with Crippen molar-refractivity contribution in [2.24, 2.45) is 0 Å². The molecule has 0 spiro atoms. The molecule has 0 aliphatic carbocycles. The van der Waals surface area contributed by atoms with E-state index >= 15 is 0 Å². The van der Waals surface area contributed by atoms with Gasteiger partial charge in [0.25, 0.3) is 0 Å². The summed E-state index contributed by atoms with van der Waals surface area (Å²) in [4.78, 5) is 0.115. The van der Waals surface area contributed by atoms with Gasteiger partial charge in [0.1, 0.15) is 11.5 Å². The van der Waals surface area contributed by atoms with Crippen LogP contribution in [-0.2, 0) is 0 Å². The molecule has 0 fully saturated rings. The third kappa shape index (κ3) is 2.40. The van der Waals surface area contributed by atoms with Crippen LogP contribution in [-0.4, -0.2) is 13.7 Å². The van der Waals surface area contributed by atoms with Gasteiger partial charge < -0.3 is 9.47 Å². The van der Waals surface area contributed by atoms with Gasteiger partial charge in [0.05, 0.1) is 18.5 Å². The Morgan fingerprint density at radius 1 is 1.30 bits per heavy atom. The van der Waals surface area contributed by atoms with E-state index in [1.54, 1.807) is 7.11 Å². The van der Waals surface area contributed by atoms with Gasteiger partial charge in [-0.05, 0) is 23.8 Å². The summed E-state index contributed by atoms with van der Waals surface area (Å²) in [5.74, 6) is 1.99. The molecule has 0 N–H and O–H groups in total. The highest BCUT2D eigenvalue weighted by atomic mass is 79.9. The fourth-order valence-electron chi connectivity index (χ4n) is 2.50. The lowest BCUT2D eigenvalue weighted by Crippen LogP contribution is -2.08. The lowest BCUT2D eigenvalue weighted by molar-refractivity contribution is 0.329. The maximum absolute atomic E-state index is 6.36. The van der Waals surface area contributed by atoms with Crippen LogP contribution in [0.3, 0.4) is 0 Å². The lowest BCUT2D eigenvalue weighted by Gasteiger charge is -2.18. The minimum Gasteiger partial charge on any atom is -0.497 e. The first-order valence-corrected chi connectivity index (χ1v) is 7.69. The molecule has 2 aromatic carbocycles. The van der Waals surface area contributed by atoms with E-state index < -0.39 is 0 Å². The maximum atomic E-state index is 6.36. The number of benzene rings is 2. The number of hydrogen-bond acceptors (Lipinski definition) is 2. The van der Waals surface area contributed by atoms with Crippen molar-refractivity contribution in [1.82, 2.24) is 0 Å². The quantitative estimate of drug-likeness (QED) is 0.726. The molecule has 3 rings (SSSR count). The summed E-state index contributed by atoms with van der Waals surface area (Å²) >= 11 is 10.1. The summed E-state index contributed by atoms with van der Waals surface area (Å²) in [6.45, 7) is 0.664. The molecule has 2 nitrogen and oxygen atoms in total. The van der Waals surface area contributed by atoms with Crippen LogP contribution in [0.5, 0.6) is 11.5 Å². The molecule has 0 bridgehead atoms. The van der Waals surface area contributed by atoms with E-state index in [1.807, 2.05) is 36.4 Å². The van der Waals surface area contributed by atoms with E-state index in [1.165, 1.54) is 5.56 Å². The molecule has 20 heavy (non-hydrogen) atoms. The van der Waals surface area contributed by atoms with Gasteiger partial charge in [-0.2, -0.15) is 0 Å². The normalized spacial score (nSPS) is 18.2. The first kappa shape index (κ1) is 13.8. The zero-order chi connectivity index (χ0) is 14.1. The minimum absolute atomic E-state index is 0.115. The molecule has 1 aliphatic heterocycles. The Kier molecular flexibility index (Phi) is 3.90. The van der Waals surface area contributed by atoms with Crippen molar-refractivity contribution in [2.75, 3.05) is 13.7 Å². The Hall–Kier alpha value is -1.19. The average molecular weight is 354 g/mol. The lowest BCUT2D eigenvalue weighted by atomic mass is 9.93. The van der Waals surface area contributed by atoms with Crippen LogP contribution >= 0.6 is 27.5 Å². The van der Waals surface area contributed by atoms with Gasteiger partial charge >= 0.3 is 0 Å². The molecular formula is C16H14BrClO2. The van der Waals surface area contributed by atoms with Crippen molar-refractivity contribution in [3.63, 3.8) is 0 Å². The number of fused-ring (bicyclic) bond motifs is 1. The Morgan fingerprint density at radius 2 is 2.10 bits per heavy atom. The molecule has 104 valence electrons. The van der Waals surface area contributed by atoms with Gasteiger partial charge in [0, 0.05) is 16.5 Å². The smallest absolute Gasteiger partial charge is 0.122 e. The number of ether oxygens (including phenoxy) is 2. The number of alkyl halides is 1. The van der Waals surface area contributed by atoms with Crippen molar-refractivity contribution in [2.45, 2.75) is 10.7 Å². The summed E-state index contributed by atoms with van der Waals surface area (Å²) in [6, 6.07) is 13.9. The van der Waals surface area contributed by atoms with Gasteiger partial charge in [0.2, 0.25) is 0 Å². The fraction of sp³-hybridized carbons (Fsp3) is 0.250. The fourth-order valence-corrected chi connectivity index (χ4v) is 3.76. The zero-order valence-electron chi connectivity index (χ0n) is 11.0. The van der Waals surface area contributed by atoms with E-state index in [9.17, 15) is 0 Å². The molecule has 2 atom stereocenters. The van der Waals surface area contributed by atoms with Crippen LogP contribution in [0.1, 0.15) is 21.9 Å². The van der Waals surface area contributed by atoms with E-state index in [-0.39, 0.29) is 10.7 Å². The Bertz CT molecular complexity index is 630. The first-order chi connectivity index (χ1) is 9.70. The highest BCUT2D eigenvalue weighted by Crippen LogP contribution is 2.47. The van der Waals surface area contributed by atoms with Crippen LogP contribution in [0.15, 0.2) is 42.5 Å². The molecule has 4 heteroatoms. The monoisotopic (exact) mass is 352 g/mol. The second-order valence-electron chi connectivity index (χ2n) is 4.74. The van der Waals surface area contributed by atoms with Gasteiger partial charge in [0.15, 0.2) is 0 Å². The molecular weight excluding hydrogens is 340 g/mol. The Balaban J connectivity index is 1.92. The Morgan fingerprint density at radius 3 is 2.85 bits per heavy atom. The zero-order valence-corrected chi connectivity index (χ0v) is 13.3. The summed E-state index contributed by atoms with van der Waals surface area (Å²) in [6.07, 6.45) is 0. The molecule has 0 saturated carbocycles. The predicted octanol–water partition coefficient (Wildman–Crippen LogP) is 4.96. The molecule has 0 radical (unpaired) electrons. The van der Waals surface area contributed by atoms with Gasteiger partial charge in [-0.25, -0.2) is 0 Å². The van der Waals surface area contributed by atoms with Crippen molar-refractivity contribution in [3.8, 4) is 11.5 Å². The van der Waals surface area contributed by atoms with Gasteiger partial charge in [-0.15, -0.1) is 0 Å². The highest BCUT2D eigenvalue weighted by Gasteiger charge is 2.31. The van der Waals surface area contributed by atoms with E-state index in [0.717, 1.165) is 17.1 Å². The van der Waals surface area contributed by atoms with Crippen LogP contribution < -0.4 is 9.47 Å². The maximum Gasteiger partial charge on any atom is 0.122 e. The van der Waals surface area contributed by atoms with Gasteiger partial charge in [-0.3, -0.25) is 0 Å². The number of methoxy groups -OCH3 is 1. The highest BCUT2D eigenvalue weighted by molar-refractivity contribution is 9.09. The Labute approximate surface area is 131 Å². The minimum atomic E-state index is 0.115. The second kappa shape index (κ2) is 5.66. The van der Waals surface area contributed by atoms with E-state index in [2.05, 4.69) is 22.0 Å². The molecule has 2 aromatic rings. The first-order valence-electron chi connectivity index (χ1n) is 6.40. The second-order valence-corrected chi connectivity index (χ2v) is 6.14. The molecule has 0 aromatic heterocycles. The summed E-state index contributed by atoms with van der Waals surface area (Å²) in [5, 5.41) is 0.704. The summed E-state index contributed by atoms with van der Waals surface area (Å²) in [7, 11) is 1.64. The van der Waals surface area contributed by atoms with E-state index in [4.69, 9.17) is 21.1 Å². The van der Waals surface area contributed by atoms with Crippen LogP contribution in [0.2, 0.25) is 5.02 Å². The summed E-state index contributed by atoms with van der Waals surface area (Å²) in [5.41, 5.74) is 2.28. The molecule has 0 saturated heterocycles. The molecule has 2 unspecified atom stereocenters. The number of rotatable bonds is 3. The number of para-hydroxylation sites is 1. The summed E-state index contributed by atoms with van der Waals surface area (Å²) < 4.78 is 10.9. The van der Waals surface area contributed by atoms with E-state index in [0.29, 0.717) is 11.6 Å². The molecule has 0 amide bonds. The SMILES string of the molecule is COc1ccc(C(Br)C2COc3ccccc32)c(Cl)c1. The van der Waals surface area contributed by atoms with Crippen molar-refractivity contribution >= 4 is 27.5 Å². The van der Waals surface area contributed by atoms with Gasteiger partial charge in [-0.1, -0.05) is 51.8 Å². The third-order valence-corrected chi connectivity index (χ3v) is 5.05. The molecule has 1 heterocycles. The standard InChI is InChI=1S/C16H14BrClO2/c1-19-10-6-7-12(14(18)8-10)16(17)13-9-20-15-5-3-2-4-11(13)15/h2-8,13,16H,9H2,1H3. The van der Waals surface area contributed by atoms with Crippen molar-refractivity contribution < 1.29 is 9.47 Å². The average Bonchev–Trinajstić information content (AvgIpc) is 2.90. The number of halogens is 2. The van der Waals surface area contributed by atoms with Crippen LogP contribution in [0.25, 0.3) is 0 Å². The van der Waals surface area contributed by atoms with Crippen LogP contribution in [0, 0.1) is 0 Å². The molecule has 1 aliphatic rings. The third-order valence-electron chi connectivity index (χ3n) is 3.59. The van der Waals surface area contributed by atoms with Crippen molar-refractivity contribution in [3.05, 3.63) is 58.6 Å². The largest absolute Gasteiger partial charge is 0.497 e. The van der Waals surface area contributed by atoms with Crippen LogP contribution in [0.4, 0.5) is 0 Å². The van der Waals surface area contributed by atoms with Crippen molar-refractivity contribution in [1.29, 1.82) is 0 Å². The number of hydrogen-bond donors (Lipinski definition) is 0.